The number of nitrogens with zero attached hydrogens (tertiary/aromatic N) is 2. The second-order valence-electron chi connectivity index (χ2n) is 4.17. The van der Waals surface area contributed by atoms with Crippen LogP contribution in [0.1, 0.15) is 12.5 Å². The van der Waals surface area contributed by atoms with Crippen LogP contribution < -0.4 is 10.2 Å². The van der Waals surface area contributed by atoms with Gasteiger partial charge in [0, 0.05) is 12.2 Å². The van der Waals surface area contributed by atoms with Crippen LogP contribution in [-0.4, -0.2) is 19.0 Å². The fraction of sp³-hybridized carbons (Fsp3) is 0.200. The molecule has 102 valence electrons. The second-order valence-corrected chi connectivity index (χ2v) is 5.09. The van der Waals surface area contributed by atoms with Gasteiger partial charge in [0.1, 0.15) is 11.1 Å². The number of para-hydroxylation sites is 1. The number of likely N-dealkylation sites (N-methyl/N-ethyl adjacent to an activating group) is 1. The van der Waals surface area contributed by atoms with E-state index in [-0.39, 0.29) is 12.5 Å². The molecule has 5 heteroatoms. The van der Waals surface area contributed by atoms with Crippen LogP contribution >= 0.6 is 11.3 Å². The molecule has 0 spiro atoms. The highest BCUT2D eigenvalue weighted by molar-refractivity contribution is 7.14. The monoisotopic (exact) mass is 285 g/mol. The third-order valence-electron chi connectivity index (χ3n) is 2.88. The number of benzene rings is 1. The molecular formula is C15H15N3OS. The first kappa shape index (κ1) is 14.1. The summed E-state index contributed by atoms with van der Waals surface area (Å²) in [6, 6.07) is 13.6. The third kappa shape index (κ3) is 3.37. The number of carbonyl (C=O) groups excluding carboxylic acids is 1. The minimum absolute atomic E-state index is 0.116. The van der Waals surface area contributed by atoms with Crippen molar-refractivity contribution in [1.29, 1.82) is 5.26 Å². The maximum Gasteiger partial charge on any atom is 0.244 e. The number of hydrogen-bond acceptors (Lipinski definition) is 4. The van der Waals surface area contributed by atoms with Gasteiger partial charge in [0.15, 0.2) is 0 Å². The smallest absolute Gasteiger partial charge is 0.244 e. The molecule has 0 aliphatic carbocycles. The third-order valence-corrected chi connectivity index (χ3v) is 3.71. The van der Waals surface area contributed by atoms with E-state index >= 15 is 0 Å². The standard InChI is InChI=1S/C15H15N3OS/c1-2-18(13-6-4-3-5-7-13)11-14(19)17-15-12(10-16)8-9-20-15/h3-9H,2,11H2,1H3,(H,17,19). The lowest BCUT2D eigenvalue weighted by atomic mass is 10.3. The van der Waals surface area contributed by atoms with Crippen molar-refractivity contribution in [3.63, 3.8) is 0 Å². The van der Waals surface area contributed by atoms with Crippen molar-refractivity contribution in [2.24, 2.45) is 0 Å². The molecular weight excluding hydrogens is 270 g/mol. The minimum atomic E-state index is -0.116. The second kappa shape index (κ2) is 6.73. The molecule has 0 atom stereocenters. The van der Waals surface area contributed by atoms with Gasteiger partial charge in [-0.15, -0.1) is 11.3 Å². The predicted octanol–water partition coefficient (Wildman–Crippen LogP) is 3.08. The maximum absolute atomic E-state index is 12.1. The van der Waals surface area contributed by atoms with Crippen LogP contribution in [-0.2, 0) is 4.79 Å². The first-order chi connectivity index (χ1) is 9.74. The number of carbonyl (C=O) groups is 1. The van der Waals surface area contributed by atoms with Crippen molar-refractivity contribution in [3.8, 4) is 6.07 Å². The first-order valence-electron chi connectivity index (χ1n) is 6.32. The van der Waals surface area contributed by atoms with E-state index in [1.807, 2.05) is 42.2 Å². The molecule has 4 nitrogen and oxygen atoms in total. The number of anilines is 2. The summed E-state index contributed by atoms with van der Waals surface area (Å²) in [6.45, 7) is 3.02. The van der Waals surface area contributed by atoms with E-state index in [4.69, 9.17) is 5.26 Å². The molecule has 1 N–H and O–H groups in total. The molecule has 0 saturated heterocycles. The van der Waals surface area contributed by atoms with E-state index in [0.29, 0.717) is 10.6 Å². The van der Waals surface area contributed by atoms with Crippen LogP contribution in [0.3, 0.4) is 0 Å². The molecule has 1 aromatic carbocycles. The number of nitrogens with one attached hydrogen (secondary N) is 1. The molecule has 0 bridgehead atoms. The van der Waals surface area contributed by atoms with Gasteiger partial charge < -0.3 is 10.2 Å². The predicted molar refractivity (Wildman–Crippen MR) is 82.0 cm³/mol. The van der Waals surface area contributed by atoms with Crippen LogP contribution in [0.25, 0.3) is 0 Å². The number of nitriles is 1. The molecule has 1 aromatic heterocycles. The maximum atomic E-state index is 12.1. The molecule has 1 amide bonds. The van der Waals surface area contributed by atoms with Gasteiger partial charge in [0.25, 0.3) is 0 Å². The lowest BCUT2D eigenvalue weighted by Crippen LogP contribution is -2.33. The van der Waals surface area contributed by atoms with E-state index < -0.39 is 0 Å². The largest absolute Gasteiger partial charge is 0.362 e. The van der Waals surface area contributed by atoms with Crippen molar-refractivity contribution in [3.05, 3.63) is 47.3 Å². The highest BCUT2D eigenvalue weighted by Crippen LogP contribution is 2.22. The van der Waals surface area contributed by atoms with Gasteiger partial charge in [-0.1, -0.05) is 18.2 Å². The molecule has 20 heavy (non-hydrogen) atoms. The molecule has 0 radical (unpaired) electrons. The molecule has 2 rings (SSSR count). The van der Waals surface area contributed by atoms with E-state index in [2.05, 4.69) is 11.4 Å². The number of hydrogen-bond donors (Lipinski definition) is 1. The van der Waals surface area contributed by atoms with Gasteiger partial charge in [-0.2, -0.15) is 5.26 Å². The summed E-state index contributed by atoms with van der Waals surface area (Å²) in [4.78, 5) is 14.0. The summed E-state index contributed by atoms with van der Waals surface area (Å²) < 4.78 is 0. The Kier molecular flexibility index (Phi) is 4.75. The highest BCUT2D eigenvalue weighted by atomic mass is 32.1. The summed E-state index contributed by atoms with van der Waals surface area (Å²) in [6.07, 6.45) is 0. The van der Waals surface area contributed by atoms with E-state index in [9.17, 15) is 4.79 Å². The number of amides is 1. The quantitative estimate of drug-likeness (QED) is 0.918. The molecule has 0 aliphatic rings. The lowest BCUT2D eigenvalue weighted by molar-refractivity contribution is -0.114. The minimum Gasteiger partial charge on any atom is -0.362 e. The Labute approximate surface area is 122 Å². The summed E-state index contributed by atoms with van der Waals surface area (Å²) in [5.74, 6) is -0.116. The van der Waals surface area contributed by atoms with E-state index in [1.165, 1.54) is 11.3 Å². The van der Waals surface area contributed by atoms with Crippen LogP contribution in [0.5, 0.6) is 0 Å². The Morgan fingerprint density at radius 3 is 2.75 bits per heavy atom. The topological polar surface area (TPSA) is 56.1 Å². The molecule has 1 heterocycles. The summed E-state index contributed by atoms with van der Waals surface area (Å²) in [5, 5.41) is 14.1. The Hall–Kier alpha value is -2.32. The first-order valence-corrected chi connectivity index (χ1v) is 7.20. The average Bonchev–Trinajstić information content (AvgIpc) is 2.92. The summed E-state index contributed by atoms with van der Waals surface area (Å²) in [7, 11) is 0. The number of thiophene rings is 1. The zero-order valence-corrected chi connectivity index (χ0v) is 12.0. The number of rotatable bonds is 5. The van der Waals surface area contributed by atoms with Gasteiger partial charge in [-0.3, -0.25) is 4.79 Å². The fourth-order valence-corrected chi connectivity index (χ4v) is 2.61. The van der Waals surface area contributed by atoms with Gasteiger partial charge in [-0.25, -0.2) is 0 Å². The van der Waals surface area contributed by atoms with Crippen molar-refractivity contribution in [1.82, 2.24) is 0 Å². The van der Waals surface area contributed by atoms with Crippen LogP contribution in [0, 0.1) is 11.3 Å². The zero-order chi connectivity index (χ0) is 14.4. The van der Waals surface area contributed by atoms with Gasteiger partial charge in [0.05, 0.1) is 12.1 Å². The van der Waals surface area contributed by atoms with Crippen molar-refractivity contribution >= 4 is 27.9 Å². The van der Waals surface area contributed by atoms with E-state index in [1.54, 1.807) is 11.4 Å². The Morgan fingerprint density at radius 2 is 2.10 bits per heavy atom. The molecule has 0 unspecified atom stereocenters. The molecule has 0 fully saturated rings. The van der Waals surface area contributed by atoms with E-state index in [0.717, 1.165) is 12.2 Å². The van der Waals surface area contributed by atoms with Crippen molar-refractivity contribution in [2.45, 2.75) is 6.92 Å². The van der Waals surface area contributed by atoms with Crippen LogP contribution in [0.2, 0.25) is 0 Å². The van der Waals surface area contributed by atoms with Gasteiger partial charge in [-0.05, 0) is 30.5 Å². The van der Waals surface area contributed by atoms with Crippen molar-refractivity contribution in [2.75, 3.05) is 23.3 Å². The molecule has 2 aromatic rings. The Bertz CT molecular complexity index is 616. The summed E-state index contributed by atoms with van der Waals surface area (Å²) in [5.41, 5.74) is 1.52. The van der Waals surface area contributed by atoms with Gasteiger partial charge in [0.2, 0.25) is 5.91 Å². The molecule has 0 saturated carbocycles. The Balaban J connectivity index is 2.02. The lowest BCUT2D eigenvalue weighted by Gasteiger charge is -2.22. The normalized spacial score (nSPS) is 9.80. The highest BCUT2D eigenvalue weighted by Gasteiger charge is 2.12. The fourth-order valence-electron chi connectivity index (χ4n) is 1.86. The van der Waals surface area contributed by atoms with Crippen molar-refractivity contribution < 1.29 is 4.79 Å². The Morgan fingerprint density at radius 1 is 1.35 bits per heavy atom. The van der Waals surface area contributed by atoms with Crippen LogP contribution in [0.4, 0.5) is 10.7 Å². The molecule has 0 aliphatic heterocycles. The average molecular weight is 285 g/mol. The summed E-state index contributed by atoms with van der Waals surface area (Å²) >= 11 is 1.36. The van der Waals surface area contributed by atoms with Gasteiger partial charge >= 0.3 is 0 Å². The van der Waals surface area contributed by atoms with Crippen LogP contribution in [0.15, 0.2) is 41.8 Å². The zero-order valence-electron chi connectivity index (χ0n) is 11.2. The SMILES string of the molecule is CCN(CC(=O)Nc1sccc1C#N)c1ccccc1.